The van der Waals surface area contributed by atoms with Gasteiger partial charge in [-0.05, 0) is 51.0 Å². The fourth-order valence-corrected chi connectivity index (χ4v) is 7.53. The summed E-state index contributed by atoms with van der Waals surface area (Å²) in [5.41, 5.74) is 1.93. The highest BCUT2D eigenvalue weighted by Gasteiger charge is 2.49. The number of hydrogen-bond donors (Lipinski definition) is 0. The first-order valence-corrected chi connectivity index (χ1v) is 10.9. The van der Waals surface area contributed by atoms with Crippen LogP contribution >= 0.6 is 0 Å². The molecule has 24 heavy (non-hydrogen) atoms. The van der Waals surface area contributed by atoms with Gasteiger partial charge in [0.15, 0.2) is 19.7 Å². The van der Waals surface area contributed by atoms with Crippen molar-refractivity contribution in [2.24, 2.45) is 0 Å². The molecule has 1 saturated carbocycles. The molecule has 2 aromatic carbocycles. The van der Waals surface area contributed by atoms with E-state index in [1.54, 1.807) is 48.5 Å². The quantitative estimate of drug-likeness (QED) is 0.836. The highest BCUT2D eigenvalue weighted by Crippen LogP contribution is 2.38. The van der Waals surface area contributed by atoms with Crippen LogP contribution in [0.5, 0.6) is 0 Å². The molecule has 128 valence electrons. The van der Waals surface area contributed by atoms with Crippen molar-refractivity contribution in [3.05, 3.63) is 59.7 Å². The van der Waals surface area contributed by atoms with E-state index in [1.807, 2.05) is 13.8 Å². The standard InChI is InChI=1S/C18H20O4S2/c1-13-3-7-15(8-4-13)23(19,20)17-11-12-18(17)24(21,22)16-9-5-14(2)6-10-16/h3-10,17-18H,11-12H2,1-2H3/t17-,18-/m0/s1. The molecule has 2 atom stereocenters. The van der Waals surface area contributed by atoms with Crippen molar-refractivity contribution in [2.45, 2.75) is 47.0 Å². The molecule has 1 aliphatic rings. The molecule has 0 radical (unpaired) electrons. The van der Waals surface area contributed by atoms with Gasteiger partial charge in [0, 0.05) is 0 Å². The molecule has 0 bridgehead atoms. The van der Waals surface area contributed by atoms with Gasteiger partial charge in [-0.25, -0.2) is 16.8 Å². The minimum absolute atomic E-state index is 0.196. The predicted octanol–water partition coefficient (Wildman–Crippen LogP) is 3.08. The van der Waals surface area contributed by atoms with Crippen LogP contribution in [0.1, 0.15) is 24.0 Å². The molecule has 1 fully saturated rings. The molecule has 0 saturated heterocycles. The van der Waals surface area contributed by atoms with Gasteiger partial charge in [0.2, 0.25) is 0 Å². The van der Waals surface area contributed by atoms with E-state index >= 15 is 0 Å². The van der Waals surface area contributed by atoms with Gasteiger partial charge in [0.05, 0.1) is 20.3 Å². The monoisotopic (exact) mass is 364 g/mol. The Morgan fingerprint density at radius 3 is 1.17 bits per heavy atom. The highest BCUT2D eigenvalue weighted by atomic mass is 32.2. The average Bonchev–Trinajstić information content (AvgIpc) is 2.46. The summed E-state index contributed by atoms with van der Waals surface area (Å²) in [5, 5.41) is -1.74. The van der Waals surface area contributed by atoms with Crippen LogP contribution in [-0.4, -0.2) is 27.3 Å². The topological polar surface area (TPSA) is 68.3 Å². The number of aryl methyl sites for hydroxylation is 2. The van der Waals surface area contributed by atoms with E-state index < -0.39 is 30.2 Å². The maximum absolute atomic E-state index is 12.8. The zero-order valence-corrected chi connectivity index (χ0v) is 15.3. The minimum atomic E-state index is -3.65. The Morgan fingerprint density at radius 1 is 0.625 bits per heavy atom. The summed E-state index contributed by atoms with van der Waals surface area (Å²) in [4.78, 5) is 0.392. The first-order chi connectivity index (χ1) is 11.2. The van der Waals surface area contributed by atoms with Crippen LogP contribution in [-0.2, 0) is 19.7 Å². The summed E-state index contributed by atoms with van der Waals surface area (Å²) in [6.45, 7) is 3.76. The maximum atomic E-state index is 12.8. The van der Waals surface area contributed by atoms with E-state index in [4.69, 9.17) is 0 Å². The molecule has 0 unspecified atom stereocenters. The third-order valence-electron chi connectivity index (χ3n) is 4.65. The van der Waals surface area contributed by atoms with Gasteiger partial charge in [-0.2, -0.15) is 0 Å². The Morgan fingerprint density at radius 2 is 0.917 bits per heavy atom. The van der Waals surface area contributed by atoms with E-state index in [1.165, 1.54) is 0 Å². The highest BCUT2D eigenvalue weighted by molar-refractivity contribution is 7.96. The third-order valence-corrected chi connectivity index (χ3v) is 9.40. The van der Waals surface area contributed by atoms with Crippen LogP contribution in [0.25, 0.3) is 0 Å². The van der Waals surface area contributed by atoms with Gasteiger partial charge in [0.25, 0.3) is 0 Å². The van der Waals surface area contributed by atoms with Gasteiger partial charge in [0.1, 0.15) is 0 Å². The predicted molar refractivity (Wildman–Crippen MR) is 93.5 cm³/mol. The summed E-state index contributed by atoms with van der Waals surface area (Å²) in [5.74, 6) is 0. The lowest BCUT2D eigenvalue weighted by atomic mass is 9.99. The molecule has 0 aromatic heterocycles. The Labute approximate surface area is 143 Å². The summed E-state index contributed by atoms with van der Waals surface area (Å²) < 4.78 is 51.2. The SMILES string of the molecule is Cc1ccc(S(=O)(=O)[C@H]2CC[C@@H]2S(=O)(=O)c2ccc(C)cc2)cc1. The Kier molecular flexibility index (Phi) is 4.30. The zero-order chi connectivity index (χ0) is 17.5. The molecule has 0 spiro atoms. The number of hydrogen-bond acceptors (Lipinski definition) is 4. The van der Waals surface area contributed by atoms with Crippen molar-refractivity contribution in [3.8, 4) is 0 Å². The summed E-state index contributed by atoms with van der Waals surface area (Å²) >= 11 is 0. The lowest BCUT2D eigenvalue weighted by Crippen LogP contribution is -2.47. The molecular weight excluding hydrogens is 344 g/mol. The molecule has 1 aliphatic carbocycles. The van der Waals surface area contributed by atoms with E-state index in [9.17, 15) is 16.8 Å². The van der Waals surface area contributed by atoms with Gasteiger partial charge in [-0.3, -0.25) is 0 Å². The first-order valence-electron chi connectivity index (χ1n) is 7.84. The van der Waals surface area contributed by atoms with Crippen LogP contribution in [0.3, 0.4) is 0 Å². The Hall–Kier alpha value is -1.66. The lowest BCUT2D eigenvalue weighted by molar-refractivity contribution is 0.460. The van der Waals surface area contributed by atoms with E-state index in [0.717, 1.165) is 11.1 Å². The van der Waals surface area contributed by atoms with Crippen molar-refractivity contribution in [1.29, 1.82) is 0 Å². The Bertz CT molecular complexity index is 860. The second-order valence-corrected chi connectivity index (χ2v) is 10.7. The number of sulfone groups is 2. The van der Waals surface area contributed by atoms with Crippen molar-refractivity contribution in [3.63, 3.8) is 0 Å². The molecule has 4 nitrogen and oxygen atoms in total. The second kappa shape index (κ2) is 6.01. The van der Waals surface area contributed by atoms with Crippen LogP contribution in [0.4, 0.5) is 0 Å². The summed E-state index contributed by atoms with van der Waals surface area (Å²) in [7, 11) is -7.29. The second-order valence-electron chi connectivity index (χ2n) is 6.37. The molecule has 6 heteroatoms. The maximum Gasteiger partial charge on any atom is 0.182 e. The van der Waals surface area contributed by atoms with Crippen molar-refractivity contribution < 1.29 is 16.8 Å². The minimum Gasteiger partial charge on any atom is -0.223 e. The molecule has 3 rings (SSSR count). The number of benzene rings is 2. The smallest absolute Gasteiger partial charge is 0.182 e. The molecule has 0 amide bonds. The van der Waals surface area contributed by atoms with E-state index in [0.29, 0.717) is 12.8 Å². The van der Waals surface area contributed by atoms with Gasteiger partial charge >= 0.3 is 0 Å². The fraction of sp³-hybridized carbons (Fsp3) is 0.333. The van der Waals surface area contributed by atoms with Crippen LogP contribution in [0, 0.1) is 13.8 Å². The zero-order valence-electron chi connectivity index (χ0n) is 13.6. The number of rotatable bonds is 4. The van der Waals surface area contributed by atoms with Crippen LogP contribution in [0.15, 0.2) is 58.3 Å². The van der Waals surface area contributed by atoms with E-state index in [2.05, 4.69) is 0 Å². The van der Waals surface area contributed by atoms with Crippen molar-refractivity contribution in [1.82, 2.24) is 0 Å². The Balaban J connectivity index is 1.94. The van der Waals surface area contributed by atoms with Crippen LogP contribution < -0.4 is 0 Å². The lowest BCUT2D eigenvalue weighted by Gasteiger charge is -2.35. The van der Waals surface area contributed by atoms with Crippen molar-refractivity contribution in [2.75, 3.05) is 0 Å². The van der Waals surface area contributed by atoms with Gasteiger partial charge < -0.3 is 0 Å². The normalized spacial score (nSPS) is 21.2. The third kappa shape index (κ3) is 2.89. The van der Waals surface area contributed by atoms with Crippen molar-refractivity contribution >= 4 is 19.7 Å². The van der Waals surface area contributed by atoms with E-state index in [-0.39, 0.29) is 9.79 Å². The molecule has 0 heterocycles. The van der Waals surface area contributed by atoms with Gasteiger partial charge in [-0.15, -0.1) is 0 Å². The first kappa shape index (κ1) is 17.2. The average molecular weight is 364 g/mol. The van der Waals surface area contributed by atoms with Crippen LogP contribution in [0.2, 0.25) is 0 Å². The summed E-state index contributed by atoms with van der Waals surface area (Å²) in [6.07, 6.45) is 0.762. The van der Waals surface area contributed by atoms with Gasteiger partial charge in [-0.1, -0.05) is 35.4 Å². The molecule has 0 N–H and O–H groups in total. The largest absolute Gasteiger partial charge is 0.223 e. The molecule has 0 aliphatic heterocycles. The molecular formula is C18H20O4S2. The fourth-order valence-electron chi connectivity index (χ4n) is 2.95. The summed E-state index contributed by atoms with van der Waals surface area (Å²) in [6, 6.07) is 13.1. The molecule has 2 aromatic rings.